The average Bonchev–Trinajstić information content (AvgIpc) is 2.37. The Hall–Kier alpha value is -2.37. The second kappa shape index (κ2) is 13.1. The lowest BCUT2D eigenvalue weighted by Gasteiger charge is -1.98. The highest BCUT2D eigenvalue weighted by atomic mass is 16.4. The molecule has 20 heavy (non-hydrogen) atoms. The summed E-state index contributed by atoms with van der Waals surface area (Å²) in [6, 6.07) is 0. The van der Waals surface area contributed by atoms with Gasteiger partial charge in [-0.05, 0) is 38.3 Å². The van der Waals surface area contributed by atoms with Gasteiger partial charge in [-0.1, -0.05) is 26.2 Å². The van der Waals surface area contributed by atoms with E-state index in [1.807, 2.05) is 0 Å². The number of rotatable bonds is 4. The molecular weight excluding hydrogens is 264 g/mol. The molecule has 6 nitrogen and oxygen atoms in total. The number of carboxylic acid groups (broad SMARTS) is 3. The lowest BCUT2D eigenvalue weighted by molar-refractivity contribution is -0.300. The predicted octanol–water partition coefficient (Wildman–Crippen LogP) is 0.0521. The third-order valence-electron chi connectivity index (χ3n) is 1.84. The van der Waals surface area contributed by atoms with E-state index < -0.39 is 17.9 Å². The third kappa shape index (κ3) is 18.0. The molecular formula is C14H20O6-2. The first-order chi connectivity index (χ1) is 9.00. The molecule has 0 heterocycles. The molecule has 0 amide bonds. The quantitative estimate of drug-likeness (QED) is 0.729. The molecule has 0 atom stereocenters. The first-order valence-electron chi connectivity index (χ1n) is 5.63. The van der Waals surface area contributed by atoms with Crippen molar-refractivity contribution in [3.05, 3.63) is 36.0 Å². The number of aliphatic carboxylic acids is 3. The van der Waals surface area contributed by atoms with Gasteiger partial charge in [0, 0.05) is 5.57 Å². The predicted molar refractivity (Wildman–Crippen MR) is 71.3 cm³/mol. The van der Waals surface area contributed by atoms with Crippen molar-refractivity contribution in [1.29, 1.82) is 0 Å². The number of allylic oxidation sites excluding steroid dienone is 1. The van der Waals surface area contributed by atoms with E-state index >= 15 is 0 Å². The highest BCUT2D eigenvalue weighted by Crippen LogP contribution is 1.90. The molecule has 0 radical (unpaired) electrons. The number of hydrogen-bond acceptors (Lipinski definition) is 5. The van der Waals surface area contributed by atoms with E-state index in [4.69, 9.17) is 5.11 Å². The summed E-state index contributed by atoms with van der Waals surface area (Å²) in [6.07, 6.45) is 1.96. The Morgan fingerprint density at radius 1 is 1.10 bits per heavy atom. The van der Waals surface area contributed by atoms with Crippen LogP contribution in [0.25, 0.3) is 0 Å². The van der Waals surface area contributed by atoms with Crippen molar-refractivity contribution in [1.82, 2.24) is 0 Å². The summed E-state index contributed by atoms with van der Waals surface area (Å²) < 4.78 is 0. The Kier molecular flexibility index (Phi) is 14.9. The monoisotopic (exact) mass is 284 g/mol. The van der Waals surface area contributed by atoms with Crippen LogP contribution in [0.4, 0.5) is 0 Å². The summed E-state index contributed by atoms with van der Waals surface area (Å²) in [6.45, 7) is 12.7. The minimum Gasteiger partial charge on any atom is -0.545 e. The smallest absolute Gasteiger partial charge is 0.330 e. The van der Waals surface area contributed by atoms with Crippen LogP contribution in [0, 0.1) is 0 Å². The number of carboxylic acids is 3. The molecule has 0 aromatic rings. The van der Waals surface area contributed by atoms with Crippen molar-refractivity contribution in [3.8, 4) is 0 Å². The summed E-state index contributed by atoms with van der Waals surface area (Å²) >= 11 is 0. The van der Waals surface area contributed by atoms with Gasteiger partial charge in [-0.25, -0.2) is 4.79 Å². The molecule has 6 heteroatoms. The van der Waals surface area contributed by atoms with E-state index in [2.05, 4.69) is 13.2 Å². The standard InChI is InChI=1S/2C5H8O2.C4H6O2/c2*1-3-4(2)5(6)7;1-3(2)4(5)6/h3H,1-2H3,(H,6,7);2-3H2,1H3,(H,6,7);1H2,2H3,(H,5,6)/p-2/b4-3+;;. The van der Waals surface area contributed by atoms with Crippen molar-refractivity contribution < 1.29 is 29.7 Å². The van der Waals surface area contributed by atoms with Crippen molar-refractivity contribution in [2.24, 2.45) is 0 Å². The average molecular weight is 284 g/mol. The zero-order chi connectivity index (χ0) is 16.9. The van der Waals surface area contributed by atoms with Crippen LogP contribution in [0.3, 0.4) is 0 Å². The minimum atomic E-state index is -1.15. The van der Waals surface area contributed by atoms with Crippen molar-refractivity contribution >= 4 is 17.9 Å². The second-order valence-electron chi connectivity index (χ2n) is 3.59. The lowest BCUT2D eigenvalue weighted by atomic mass is 10.2. The van der Waals surface area contributed by atoms with Gasteiger partial charge in [0.05, 0.1) is 11.9 Å². The minimum absolute atomic E-state index is 0.153. The summed E-state index contributed by atoms with van der Waals surface area (Å²) in [5.41, 5.74) is 0.606. The first-order valence-corrected chi connectivity index (χ1v) is 5.63. The molecule has 0 bridgehead atoms. The van der Waals surface area contributed by atoms with Crippen LogP contribution in [0.1, 0.15) is 34.1 Å². The van der Waals surface area contributed by atoms with Gasteiger partial charge in [-0.3, -0.25) is 0 Å². The van der Waals surface area contributed by atoms with E-state index in [0.29, 0.717) is 6.42 Å². The van der Waals surface area contributed by atoms with Gasteiger partial charge >= 0.3 is 5.97 Å². The molecule has 0 saturated heterocycles. The Balaban J connectivity index is -0.000000218. The second-order valence-corrected chi connectivity index (χ2v) is 3.59. The highest BCUT2D eigenvalue weighted by molar-refractivity contribution is 5.85. The number of carbonyl (C=O) groups excluding carboxylic acids is 2. The Morgan fingerprint density at radius 2 is 1.45 bits per heavy atom. The Bertz CT molecular complexity index is 392. The van der Waals surface area contributed by atoms with E-state index in [-0.39, 0.29) is 16.7 Å². The lowest BCUT2D eigenvalue weighted by Crippen LogP contribution is -2.23. The number of hydrogen-bond donors (Lipinski definition) is 1. The molecule has 0 rings (SSSR count). The third-order valence-corrected chi connectivity index (χ3v) is 1.84. The van der Waals surface area contributed by atoms with Gasteiger partial charge in [0.1, 0.15) is 0 Å². The van der Waals surface area contributed by atoms with Gasteiger partial charge in [-0.15, -0.1) is 0 Å². The molecule has 0 aliphatic carbocycles. The maximum absolute atomic E-state index is 9.75. The maximum atomic E-state index is 9.75. The fourth-order valence-electron chi connectivity index (χ4n) is 0.262. The fraction of sp³-hybridized carbons (Fsp3) is 0.357. The van der Waals surface area contributed by atoms with Crippen LogP contribution >= 0.6 is 0 Å². The van der Waals surface area contributed by atoms with Gasteiger partial charge in [0.2, 0.25) is 0 Å². The highest BCUT2D eigenvalue weighted by Gasteiger charge is 1.90. The molecule has 0 spiro atoms. The summed E-state index contributed by atoms with van der Waals surface area (Å²) in [5, 5.41) is 27.4. The molecule has 0 aliphatic heterocycles. The Labute approximate surface area is 118 Å². The van der Waals surface area contributed by atoms with E-state index in [9.17, 15) is 24.6 Å². The van der Waals surface area contributed by atoms with Crippen LogP contribution in [0.15, 0.2) is 36.0 Å². The van der Waals surface area contributed by atoms with Crippen molar-refractivity contribution in [2.45, 2.75) is 34.1 Å². The van der Waals surface area contributed by atoms with Crippen LogP contribution in [-0.4, -0.2) is 23.0 Å². The fourth-order valence-corrected chi connectivity index (χ4v) is 0.262. The summed E-state index contributed by atoms with van der Waals surface area (Å²) in [7, 11) is 0. The van der Waals surface area contributed by atoms with Gasteiger partial charge in [-0.2, -0.15) is 0 Å². The summed E-state index contributed by atoms with van der Waals surface area (Å²) in [5.74, 6) is -3.18. The summed E-state index contributed by atoms with van der Waals surface area (Å²) in [4.78, 5) is 29.1. The van der Waals surface area contributed by atoms with Crippen molar-refractivity contribution in [3.63, 3.8) is 0 Å². The maximum Gasteiger partial charge on any atom is 0.330 e. The normalized spacial score (nSPS) is 9.10. The first kappa shape index (κ1) is 22.8. The SMILES string of the molecule is C/C=C(\C)C(=O)[O-].C=C(C)C(=O)O.C=C(CC)C(=O)[O-]. The van der Waals surface area contributed by atoms with Gasteiger partial charge < -0.3 is 24.9 Å². The molecule has 114 valence electrons. The van der Waals surface area contributed by atoms with Gasteiger partial charge in [0.25, 0.3) is 0 Å². The van der Waals surface area contributed by atoms with Crippen LogP contribution in [0.2, 0.25) is 0 Å². The van der Waals surface area contributed by atoms with E-state index in [1.54, 1.807) is 13.8 Å². The molecule has 0 fully saturated rings. The van der Waals surface area contributed by atoms with Crippen molar-refractivity contribution in [2.75, 3.05) is 0 Å². The molecule has 1 N–H and O–H groups in total. The molecule has 0 aliphatic rings. The molecule has 0 aromatic carbocycles. The van der Waals surface area contributed by atoms with Crippen LogP contribution < -0.4 is 10.2 Å². The van der Waals surface area contributed by atoms with E-state index in [0.717, 1.165) is 0 Å². The Morgan fingerprint density at radius 3 is 1.45 bits per heavy atom. The zero-order valence-corrected chi connectivity index (χ0v) is 12.2. The van der Waals surface area contributed by atoms with Gasteiger partial charge in [0.15, 0.2) is 0 Å². The largest absolute Gasteiger partial charge is 0.545 e. The van der Waals surface area contributed by atoms with Crippen LogP contribution in [0.5, 0.6) is 0 Å². The molecule has 0 unspecified atom stereocenters. The molecule has 0 aromatic heterocycles. The zero-order valence-electron chi connectivity index (χ0n) is 12.2. The molecule has 0 saturated carbocycles. The van der Waals surface area contributed by atoms with Crippen LogP contribution in [-0.2, 0) is 14.4 Å². The topological polar surface area (TPSA) is 118 Å². The van der Waals surface area contributed by atoms with E-state index in [1.165, 1.54) is 19.9 Å². The number of carbonyl (C=O) groups is 3.